The lowest BCUT2D eigenvalue weighted by Gasteiger charge is -2.29. The third-order valence-corrected chi connectivity index (χ3v) is 8.56. The Hall–Kier alpha value is -4.27. The summed E-state index contributed by atoms with van der Waals surface area (Å²) in [6.07, 6.45) is 2.33. The van der Waals surface area contributed by atoms with Gasteiger partial charge in [-0.05, 0) is 67.4 Å². The molecule has 7 rings (SSSR count). The first-order valence-electron chi connectivity index (χ1n) is 12.7. The highest BCUT2D eigenvalue weighted by Crippen LogP contribution is 2.54. The van der Waals surface area contributed by atoms with Crippen LogP contribution in [0.5, 0.6) is 0 Å². The number of amides is 3. The van der Waals surface area contributed by atoms with Crippen molar-refractivity contribution in [1.29, 1.82) is 0 Å². The molecule has 4 aromatic rings. The maximum Gasteiger partial charge on any atom is 0.250 e. The fraction of sp³-hybridized carbons (Fsp3) is 0.200. The Morgan fingerprint density at radius 3 is 2.54 bits per heavy atom. The van der Waals surface area contributed by atoms with Gasteiger partial charge in [0, 0.05) is 45.0 Å². The summed E-state index contributed by atoms with van der Waals surface area (Å²) < 4.78 is 0. The summed E-state index contributed by atoms with van der Waals surface area (Å²) in [6.45, 7) is 1.46. The molecule has 8 nitrogen and oxygen atoms in total. The average Bonchev–Trinajstić information content (AvgIpc) is 3.63. The van der Waals surface area contributed by atoms with E-state index >= 15 is 0 Å². The molecule has 9 heteroatoms. The number of halogens is 1. The van der Waals surface area contributed by atoms with Gasteiger partial charge in [0.05, 0.1) is 17.5 Å². The number of hydrogen-bond donors (Lipinski definition) is 3. The largest absolute Gasteiger partial charge is 0.361 e. The molecule has 0 radical (unpaired) electrons. The van der Waals surface area contributed by atoms with Crippen molar-refractivity contribution in [3.8, 4) is 0 Å². The molecule has 2 fully saturated rings. The molecular weight excluding hydrogens is 516 g/mol. The number of rotatable bonds is 4. The molecule has 0 aliphatic carbocycles. The Morgan fingerprint density at radius 1 is 1.00 bits per heavy atom. The van der Waals surface area contributed by atoms with Gasteiger partial charge >= 0.3 is 0 Å². The molecule has 3 aromatic carbocycles. The molecule has 1 aromatic heterocycles. The number of nitrogens with zero attached hydrogens (tertiary/aromatic N) is 1. The predicted molar refractivity (Wildman–Crippen MR) is 147 cm³/mol. The van der Waals surface area contributed by atoms with Gasteiger partial charge in [-0.15, -0.1) is 0 Å². The summed E-state index contributed by atoms with van der Waals surface area (Å²) in [6, 6.07) is 18.8. The van der Waals surface area contributed by atoms with E-state index in [1.54, 1.807) is 42.5 Å². The van der Waals surface area contributed by atoms with E-state index in [1.165, 1.54) is 11.8 Å². The van der Waals surface area contributed by atoms with Gasteiger partial charge in [-0.25, -0.2) is 4.90 Å². The molecule has 4 atom stereocenters. The lowest BCUT2D eigenvalue weighted by atomic mass is 9.76. The first-order chi connectivity index (χ1) is 18.8. The van der Waals surface area contributed by atoms with Gasteiger partial charge in [0.15, 0.2) is 5.78 Å². The molecule has 194 valence electrons. The Labute approximate surface area is 228 Å². The fourth-order valence-electron chi connectivity index (χ4n) is 6.59. The van der Waals surface area contributed by atoms with Gasteiger partial charge in [-0.3, -0.25) is 24.5 Å². The number of fused-ring (bicyclic) bond motifs is 5. The molecule has 0 unspecified atom stereocenters. The van der Waals surface area contributed by atoms with Gasteiger partial charge in [-0.2, -0.15) is 0 Å². The molecule has 3 aliphatic rings. The number of nitrogens with one attached hydrogen (secondary N) is 3. The van der Waals surface area contributed by atoms with E-state index in [9.17, 15) is 19.2 Å². The second-order valence-electron chi connectivity index (χ2n) is 10.4. The molecule has 39 heavy (non-hydrogen) atoms. The number of aromatic amines is 1. The number of anilines is 2. The highest BCUT2D eigenvalue weighted by atomic mass is 35.5. The van der Waals surface area contributed by atoms with Crippen molar-refractivity contribution in [2.75, 3.05) is 10.2 Å². The summed E-state index contributed by atoms with van der Waals surface area (Å²) in [4.78, 5) is 58.2. The molecule has 0 bridgehead atoms. The van der Waals surface area contributed by atoms with E-state index in [4.69, 9.17) is 11.6 Å². The number of benzene rings is 3. The molecule has 3 aliphatic heterocycles. The van der Waals surface area contributed by atoms with Crippen LogP contribution in [0.1, 0.15) is 28.4 Å². The van der Waals surface area contributed by atoms with E-state index in [-0.39, 0.29) is 17.6 Å². The number of para-hydroxylation sites is 1. The first kappa shape index (κ1) is 23.8. The standard InChI is InChI=1S/C30H23ClN4O4/c1-15(36)16-6-9-19(10-7-16)35-27(37)25-24(12-17-14-32-22-5-3-2-4-20(17)22)34-30(26(25)28(35)38)21-13-18(31)8-11-23(21)33-29(30)39/h2-11,13-14,24-26,32,34H,12H2,1H3,(H,33,39)/t24-,25+,26-,30-/m0/s1. The smallest absolute Gasteiger partial charge is 0.250 e. The van der Waals surface area contributed by atoms with Crippen LogP contribution in [0.2, 0.25) is 5.02 Å². The second kappa shape index (κ2) is 8.36. The number of Topliss-reactive ketones (excluding diaryl/α,β-unsaturated/α-hetero) is 1. The first-order valence-corrected chi connectivity index (χ1v) is 13.1. The number of imide groups is 1. The van der Waals surface area contributed by atoms with Crippen LogP contribution in [0.3, 0.4) is 0 Å². The van der Waals surface area contributed by atoms with E-state index in [0.29, 0.717) is 33.9 Å². The Balaban J connectivity index is 1.36. The van der Waals surface area contributed by atoms with Gasteiger partial charge in [0.1, 0.15) is 5.54 Å². The van der Waals surface area contributed by atoms with Crippen LogP contribution in [0.15, 0.2) is 72.9 Å². The normalized spacial score (nSPS) is 25.4. The highest BCUT2D eigenvalue weighted by Gasteiger charge is 2.70. The summed E-state index contributed by atoms with van der Waals surface area (Å²) in [5.41, 5.74) is 2.46. The molecule has 3 N–H and O–H groups in total. The summed E-state index contributed by atoms with van der Waals surface area (Å²) in [7, 11) is 0. The highest BCUT2D eigenvalue weighted by molar-refractivity contribution is 6.31. The van der Waals surface area contributed by atoms with Crippen LogP contribution in [0, 0.1) is 11.8 Å². The number of ketones is 1. The van der Waals surface area contributed by atoms with Crippen molar-refractivity contribution >= 4 is 57.4 Å². The second-order valence-corrected chi connectivity index (χ2v) is 10.8. The minimum Gasteiger partial charge on any atom is -0.361 e. The molecular formula is C30H23ClN4O4. The third kappa shape index (κ3) is 3.28. The molecule has 3 amide bonds. The van der Waals surface area contributed by atoms with Gasteiger partial charge < -0.3 is 10.3 Å². The number of carbonyl (C=O) groups excluding carboxylic acids is 4. The number of hydrogen-bond acceptors (Lipinski definition) is 5. The van der Waals surface area contributed by atoms with Gasteiger partial charge in [0.25, 0.3) is 0 Å². The number of aromatic nitrogens is 1. The van der Waals surface area contributed by atoms with E-state index < -0.39 is 29.3 Å². The minimum absolute atomic E-state index is 0.115. The Kier molecular flexibility index (Phi) is 5.11. The van der Waals surface area contributed by atoms with Crippen molar-refractivity contribution in [3.63, 3.8) is 0 Å². The topological polar surface area (TPSA) is 111 Å². The Bertz CT molecular complexity index is 1730. The zero-order valence-electron chi connectivity index (χ0n) is 20.8. The third-order valence-electron chi connectivity index (χ3n) is 8.32. The number of carbonyl (C=O) groups is 4. The van der Waals surface area contributed by atoms with Gasteiger partial charge in [-0.1, -0.05) is 29.8 Å². The van der Waals surface area contributed by atoms with Crippen molar-refractivity contribution in [2.45, 2.75) is 24.9 Å². The summed E-state index contributed by atoms with van der Waals surface area (Å²) >= 11 is 6.36. The maximum absolute atomic E-state index is 14.2. The summed E-state index contributed by atoms with van der Waals surface area (Å²) in [5, 5.41) is 7.81. The lowest BCUT2D eigenvalue weighted by molar-refractivity contribution is -0.130. The van der Waals surface area contributed by atoms with Crippen LogP contribution in [0.4, 0.5) is 11.4 Å². The van der Waals surface area contributed by atoms with Crippen LogP contribution >= 0.6 is 11.6 Å². The molecule has 0 saturated carbocycles. The van der Waals surface area contributed by atoms with E-state index in [1.807, 2.05) is 30.5 Å². The van der Waals surface area contributed by atoms with E-state index in [2.05, 4.69) is 15.6 Å². The lowest BCUT2D eigenvalue weighted by Crippen LogP contribution is -2.53. The molecule has 2 saturated heterocycles. The zero-order chi connectivity index (χ0) is 27.1. The van der Waals surface area contributed by atoms with Crippen LogP contribution in [-0.2, 0) is 26.3 Å². The molecule has 1 spiro atoms. The fourth-order valence-corrected chi connectivity index (χ4v) is 6.76. The van der Waals surface area contributed by atoms with Crippen LogP contribution < -0.4 is 15.5 Å². The summed E-state index contributed by atoms with van der Waals surface area (Å²) in [5.74, 6) is -3.11. The average molecular weight is 539 g/mol. The van der Waals surface area contributed by atoms with Crippen molar-refractivity contribution in [2.24, 2.45) is 11.8 Å². The van der Waals surface area contributed by atoms with Gasteiger partial charge in [0.2, 0.25) is 17.7 Å². The SMILES string of the molecule is CC(=O)c1ccc(N2C(=O)[C@@H]3[C@H](Cc4c[nH]c5ccccc45)N[C@]4(C(=O)Nc5ccc(Cl)cc54)[C@@H]3C2=O)cc1. The monoisotopic (exact) mass is 538 g/mol. The van der Waals surface area contributed by atoms with Crippen molar-refractivity contribution in [3.05, 3.63) is 94.6 Å². The van der Waals surface area contributed by atoms with E-state index in [0.717, 1.165) is 16.5 Å². The predicted octanol–water partition coefficient (Wildman–Crippen LogP) is 4.19. The van der Waals surface area contributed by atoms with Crippen LogP contribution in [0.25, 0.3) is 10.9 Å². The number of H-pyrrole nitrogens is 1. The minimum atomic E-state index is -1.46. The van der Waals surface area contributed by atoms with Crippen LogP contribution in [-0.4, -0.2) is 34.5 Å². The Morgan fingerprint density at radius 2 is 1.77 bits per heavy atom. The van der Waals surface area contributed by atoms with Crippen molar-refractivity contribution < 1.29 is 19.2 Å². The zero-order valence-corrected chi connectivity index (χ0v) is 21.6. The quantitative estimate of drug-likeness (QED) is 0.266. The van der Waals surface area contributed by atoms with Crippen molar-refractivity contribution in [1.82, 2.24) is 10.3 Å². The maximum atomic E-state index is 14.2. The molecule has 4 heterocycles.